The molecule has 0 amide bonds. The van der Waals surface area contributed by atoms with Gasteiger partial charge in [-0.2, -0.15) is 0 Å². The van der Waals surface area contributed by atoms with E-state index in [9.17, 15) is 0 Å². The maximum atomic E-state index is 8.79. The fourth-order valence-corrected chi connectivity index (χ4v) is 6.51. The second-order valence-electron chi connectivity index (χ2n) is 10.9. The van der Waals surface area contributed by atoms with Crippen LogP contribution in [-0.2, 0) is 0 Å². The normalized spacial score (nSPS) is 14.7. The molecular weight excluding hydrogens is 544 g/mol. The van der Waals surface area contributed by atoms with Crippen molar-refractivity contribution in [3.63, 3.8) is 0 Å². The Hall–Kier alpha value is -5.92. The zero-order chi connectivity index (χ0) is 38.4. The van der Waals surface area contributed by atoms with Gasteiger partial charge in [-0.15, -0.1) is 0 Å². The van der Waals surface area contributed by atoms with E-state index in [1.165, 1.54) is 0 Å². The highest BCUT2D eigenvalue weighted by molar-refractivity contribution is 6.26. The smallest absolute Gasteiger partial charge is 0.136 e. The average molecular weight is 583 g/mol. The van der Waals surface area contributed by atoms with Crippen LogP contribution in [0.1, 0.15) is 13.7 Å². The van der Waals surface area contributed by atoms with Gasteiger partial charge in [-0.1, -0.05) is 151 Å². The molecule has 1 nitrogen and oxygen atoms in total. The standard InChI is InChI=1S/C44H28O/c1-3-12-29(13-4-1)31-22-24-32(25-23-31)42-34-16-7-8-17-35(34)43(36-27-26-33(28-39(36)42)30-14-5-2-6-15-30)38-19-11-21-41-44(38)37-18-9-10-20-40(37)45-41/h1-28H/i1D,2D,3D,4D,5D,6D,12D,13D,14D,15D. The van der Waals surface area contributed by atoms with Crippen LogP contribution in [0.4, 0.5) is 0 Å². The predicted octanol–water partition coefficient (Wildman–Crippen LogP) is 12.6. The Kier molecular flexibility index (Phi) is 4.01. The van der Waals surface area contributed by atoms with E-state index in [0.717, 1.165) is 65.7 Å². The molecule has 9 aromatic rings. The fourth-order valence-electron chi connectivity index (χ4n) is 6.51. The maximum absolute atomic E-state index is 8.79. The molecule has 9 rings (SSSR count). The second kappa shape index (κ2) is 10.4. The Bertz CT molecular complexity index is 3040. The fraction of sp³-hybridized carbons (Fsp3) is 0. The zero-order valence-electron chi connectivity index (χ0n) is 33.8. The highest BCUT2D eigenvalue weighted by atomic mass is 16.3. The number of para-hydroxylation sites is 1. The summed E-state index contributed by atoms with van der Waals surface area (Å²) in [6.07, 6.45) is 0. The molecule has 0 aliphatic heterocycles. The van der Waals surface area contributed by atoms with Gasteiger partial charge in [-0.05, 0) is 84.3 Å². The van der Waals surface area contributed by atoms with Crippen LogP contribution in [0, 0.1) is 0 Å². The molecule has 0 unspecified atom stereocenters. The van der Waals surface area contributed by atoms with Crippen molar-refractivity contribution in [2.45, 2.75) is 0 Å². The van der Waals surface area contributed by atoms with Gasteiger partial charge in [0, 0.05) is 10.8 Å². The molecule has 0 fully saturated rings. The topological polar surface area (TPSA) is 13.1 Å². The monoisotopic (exact) mass is 582 g/mol. The van der Waals surface area contributed by atoms with Crippen molar-refractivity contribution < 1.29 is 18.1 Å². The first-order valence-electron chi connectivity index (χ1n) is 19.6. The van der Waals surface area contributed by atoms with Gasteiger partial charge in [0.2, 0.25) is 0 Å². The first kappa shape index (κ1) is 17.4. The SMILES string of the molecule is [2H]c1c([2H])c([2H])c(-c2ccc(-c3c4ccccc4c(-c4cccc5oc6ccccc6c45)c4ccc(-c5c([2H])c([2H])c([2H])c([2H])c5[2H])cc34)cc2)c([2H])c1[2H]. The van der Waals surface area contributed by atoms with Gasteiger partial charge in [0.25, 0.3) is 0 Å². The molecule has 210 valence electrons. The minimum atomic E-state index is -0.465. The molecule has 0 aliphatic carbocycles. The largest absolute Gasteiger partial charge is 0.456 e. The van der Waals surface area contributed by atoms with Crippen LogP contribution in [0.5, 0.6) is 0 Å². The molecule has 0 aliphatic rings. The Labute approximate surface area is 275 Å². The summed E-state index contributed by atoms with van der Waals surface area (Å²) in [5, 5.41) is 5.38. The Balaban J connectivity index is 1.39. The van der Waals surface area contributed by atoms with E-state index in [-0.39, 0.29) is 35.3 Å². The number of rotatable bonds is 4. The first-order valence-corrected chi connectivity index (χ1v) is 14.6. The number of hydrogen-bond acceptors (Lipinski definition) is 1. The maximum Gasteiger partial charge on any atom is 0.136 e. The lowest BCUT2D eigenvalue weighted by molar-refractivity contribution is 0.669. The van der Waals surface area contributed by atoms with Crippen LogP contribution in [0.15, 0.2) is 174 Å². The van der Waals surface area contributed by atoms with E-state index in [2.05, 4.69) is 12.1 Å². The lowest BCUT2D eigenvalue weighted by Crippen LogP contribution is -1.92. The molecule has 0 radical (unpaired) electrons. The Morgan fingerprint density at radius 2 is 0.933 bits per heavy atom. The summed E-state index contributed by atoms with van der Waals surface area (Å²) in [7, 11) is 0. The molecule has 1 aromatic heterocycles. The molecule has 0 saturated carbocycles. The van der Waals surface area contributed by atoms with E-state index in [0.29, 0.717) is 11.1 Å². The Morgan fingerprint density at radius 3 is 1.67 bits per heavy atom. The van der Waals surface area contributed by atoms with Gasteiger partial charge in [-0.3, -0.25) is 0 Å². The lowest BCUT2D eigenvalue weighted by Gasteiger charge is -2.19. The van der Waals surface area contributed by atoms with Gasteiger partial charge in [0.05, 0.1) is 13.7 Å². The molecule has 8 aromatic carbocycles. The quantitative estimate of drug-likeness (QED) is 0.188. The highest BCUT2D eigenvalue weighted by Crippen LogP contribution is 2.47. The van der Waals surface area contributed by atoms with Crippen LogP contribution < -0.4 is 0 Å². The van der Waals surface area contributed by atoms with Crippen molar-refractivity contribution in [1.82, 2.24) is 0 Å². The third kappa shape index (κ3) is 4.17. The van der Waals surface area contributed by atoms with Gasteiger partial charge in [0.1, 0.15) is 11.2 Å². The van der Waals surface area contributed by atoms with E-state index in [1.54, 1.807) is 18.2 Å². The van der Waals surface area contributed by atoms with Crippen LogP contribution >= 0.6 is 0 Å². The van der Waals surface area contributed by atoms with Crippen LogP contribution in [0.2, 0.25) is 0 Å². The third-order valence-electron chi connectivity index (χ3n) is 8.45. The second-order valence-corrected chi connectivity index (χ2v) is 10.9. The van der Waals surface area contributed by atoms with Gasteiger partial charge in [-0.25, -0.2) is 0 Å². The van der Waals surface area contributed by atoms with Crippen LogP contribution in [-0.4, -0.2) is 0 Å². The molecule has 0 spiro atoms. The van der Waals surface area contributed by atoms with Crippen molar-refractivity contribution in [3.05, 3.63) is 170 Å². The summed E-state index contributed by atoms with van der Waals surface area (Å²) in [6.45, 7) is 0. The summed E-state index contributed by atoms with van der Waals surface area (Å²) in [5.41, 5.74) is 6.09. The summed E-state index contributed by atoms with van der Waals surface area (Å²) in [4.78, 5) is 0. The minimum absolute atomic E-state index is 0.0908. The molecular formula is C44H28O. The van der Waals surface area contributed by atoms with E-state index in [4.69, 9.17) is 18.1 Å². The van der Waals surface area contributed by atoms with Gasteiger partial charge >= 0.3 is 0 Å². The zero-order valence-corrected chi connectivity index (χ0v) is 23.8. The Morgan fingerprint density at radius 1 is 0.378 bits per heavy atom. The van der Waals surface area contributed by atoms with Gasteiger partial charge < -0.3 is 4.42 Å². The number of furan rings is 1. The van der Waals surface area contributed by atoms with E-state index in [1.807, 2.05) is 78.9 Å². The molecule has 1 heterocycles. The molecule has 0 saturated heterocycles. The van der Waals surface area contributed by atoms with Crippen molar-refractivity contribution in [2.24, 2.45) is 0 Å². The summed E-state index contributed by atoms with van der Waals surface area (Å²) >= 11 is 0. The predicted molar refractivity (Wildman–Crippen MR) is 190 cm³/mol. The molecule has 45 heavy (non-hydrogen) atoms. The average Bonchev–Trinajstić information content (AvgIpc) is 3.59. The summed E-state index contributed by atoms with van der Waals surface area (Å²) in [6, 6.07) is 31.0. The van der Waals surface area contributed by atoms with E-state index >= 15 is 0 Å². The minimum Gasteiger partial charge on any atom is -0.456 e. The van der Waals surface area contributed by atoms with Crippen molar-refractivity contribution >= 4 is 43.5 Å². The molecule has 0 N–H and O–H groups in total. The number of hydrogen-bond donors (Lipinski definition) is 0. The van der Waals surface area contributed by atoms with E-state index < -0.39 is 36.3 Å². The van der Waals surface area contributed by atoms with Gasteiger partial charge in [0.15, 0.2) is 0 Å². The molecule has 0 bridgehead atoms. The van der Waals surface area contributed by atoms with Crippen molar-refractivity contribution in [1.29, 1.82) is 0 Å². The third-order valence-corrected chi connectivity index (χ3v) is 8.45. The van der Waals surface area contributed by atoms with Crippen LogP contribution in [0.25, 0.3) is 88.0 Å². The molecule has 1 heteroatoms. The van der Waals surface area contributed by atoms with Crippen molar-refractivity contribution in [2.75, 3.05) is 0 Å². The summed E-state index contributed by atoms with van der Waals surface area (Å²) < 4.78 is 90.4. The first-order chi connectivity index (χ1) is 26.5. The van der Waals surface area contributed by atoms with Crippen LogP contribution in [0.3, 0.4) is 0 Å². The lowest BCUT2D eigenvalue weighted by atomic mass is 9.83. The number of fused-ring (bicyclic) bond motifs is 5. The van der Waals surface area contributed by atoms with Crippen molar-refractivity contribution in [3.8, 4) is 44.5 Å². The highest BCUT2D eigenvalue weighted by Gasteiger charge is 2.20. The molecule has 0 atom stereocenters. The number of benzene rings is 8. The summed E-state index contributed by atoms with van der Waals surface area (Å²) in [5.74, 6) is 0.